The Bertz CT molecular complexity index is 814. The minimum absolute atomic E-state index is 0.0790. The quantitative estimate of drug-likeness (QED) is 0.860. The van der Waals surface area contributed by atoms with Gasteiger partial charge in [-0.2, -0.15) is 0 Å². The zero-order chi connectivity index (χ0) is 17.2. The van der Waals surface area contributed by atoms with Gasteiger partial charge in [-0.25, -0.2) is 8.42 Å². The smallest absolute Gasteiger partial charge is 0.261 e. The summed E-state index contributed by atoms with van der Waals surface area (Å²) in [4.78, 5) is 12.8. The Labute approximate surface area is 140 Å². The summed E-state index contributed by atoms with van der Waals surface area (Å²) in [5.41, 5.74) is 0.567. The molecule has 1 aromatic carbocycles. The number of benzene rings is 1. The highest BCUT2D eigenvalue weighted by Gasteiger charge is 2.16. The fourth-order valence-electron chi connectivity index (χ4n) is 2.12. The van der Waals surface area contributed by atoms with E-state index in [1.165, 1.54) is 22.7 Å². The van der Waals surface area contributed by atoms with Crippen molar-refractivity contribution in [3.05, 3.63) is 29.1 Å². The van der Waals surface area contributed by atoms with Gasteiger partial charge in [0.1, 0.15) is 0 Å². The van der Waals surface area contributed by atoms with Crippen molar-refractivity contribution in [1.82, 2.24) is 5.32 Å². The summed E-state index contributed by atoms with van der Waals surface area (Å²) in [5.74, 6) is -0.159. The van der Waals surface area contributed by atoms with Crippen LogP contribution in [0.4, 0.5) is 5.69 Å². The maximum atomic E-state index is 12.2. The molecule has 0 fully saturated rings. The molecular formula is C15H20N2O4S2. The fourth-order valence-corrected chi connectivity index (χ4v) is 3.56. The van der Waals surface area contributed by atoms with Crippen molar-refractivity contribution in [3.63, 3.8) is 0 Å². The first-order chi connectivity index (χ1) is 10.7. The Kier molecular flexibility index (Phi) is 5.28. The summed E-state index contributed by atoms with van der Waals surface area (Å²) >= 11 is 1.37. The van der Waals surface area contributed by atoms with Crippen LogP contribution in [0.2, 0.25) is 0 Å². The van der Waals surface area contributed by atoms with Gasteiger partial charge in [0.25, 0.3) is 5.91 Å². The third-order valence-electron chi connectivity index (χ3n) is 3.38. The first-order valence-electron chi connectivity index (χ1n) is 6.99. The molecule has 8 heteroatoms. The van der Waals surface area contributed by atoms with Crippen molar-refractivity contribution < 1.29 is 17.9 Å². The van der Waals surface area contributed by atoms with Crippen LogP contribution in [0.1, 0.15) is 16.6 Å². The van der Waals surface area contributed by atoms with Crippen molar-refractivity contribution >= 4 is 43.0 Å². The number of nitrogens with zero attached hydrogens (tertiary/aromatic N) is 1. The Morgan fingerprint density at radius 2 is 2.09 bits per heavy atom. The summed E-state index contributed by atoms with van der Waals surface area (Å²) < 4.78 is 30.4. The van der Waals surface area contributed by atoms with Gasteiger partial charge in [0, 0.05) is 24.9 Å². The van der Waals surface area contributed by atoms with Gasteiger partial charge in [-0.3, -0.25) is 9.10 Å². The van der Waals surface area contributed by atoms with E-state index in [2.05, 4.69) is 5.32 Å². The zero-order valence-electron chi connectivity index (χ0n) is 13.5. The second-order valence-electron chi connectivity index (χ2n) is 5.39. The van der Waals surface area contributed by atoms with Gasteiger partial charge in [0.2, 0.25) is 10.0 Å². The van der Waals surface area contributed by atoms with E-state index in [1.54, 1.807) is 25.3 Å². The number of thiophene rings is 1. The van der Waals surface area contributed by atoms with E-state index in [0.717, 1.165) is 16.3 Å². The number of nitrogens with one attached hydrogen (secondary N) is 1. The maximum absolute atomic E-state index is 12.2. The van der Waals surface area contributed by atoms with E-state index < -0.39 is 10.0 Å². The minimum Gasteiger partial charge on any atom is -0.383 e. The van der Waals surface area contributed by atoms with Gasteiger partial charge in [-0.05, 0) is 36.6 Å². The average molecular weight is 356 g/mol. The fraction of sp³-hybridized carbons (Fsp3) is 0.400. The highest BCUT2D eigenvalue weighted by Crippen LogP contribution is 2.29. The van der Waals surface area contributed by atoms with Crippen LogP contribution in [0.5, 0.6) is 0 Å². The molecule has 0 aliphatic carbocycles. The molecule has 0 aliphatic heterocycles. The molecule has 0 saturated heterocycles. The lowest BCUT2D eigenvalue weighted by Gasteiger charge is -2.16. The third kappa shape index (κ3) is 4.21. The molecular weight excluding hydrogens is 336 g/mol. The predicted octanol–water partition coefficient (Wildman–Crippen LogP) is 2.06. The molecule has 0 radical (unpaired) electrons. The van der Waals surface area contributed by atoms with E-state index in [-0.39, 0.29) is 11.9 Å². The number of ether oxygens (including phenoxy) is 1. The molecule has 1 atom stereocenters. The number of hydrogen-bond acceptors (Lipinski definition) is 5. The molecule has 0 saturated carbocycles. The molecule has 2 aromatic rings. The summed E-state index contributed by atoms with van der Waals surface area (Å²) in [6, 6.07) is 7.02. The topological polar surface area (TPSA) is 75.7 Å². The van der Waals surface area contributed by atoms with Gasteiger partial charge in [-0.1, -0.05) is 0 Å². The number of amides is 1. The number of carbonyl (C=O) groups excluding carboxylic acids is 1. The zero-order valence-corrected chi connectivity index (χ0v) is 15.1. The summed E-state index contributed by atoms with van der Waals surface area (Å²) in [6.45, 7) is 2.31. The maximum Gasteiger partial charge on any atom is 0.261 e. The van der Waals surface area contributed by atoms with Crippen molar-refractivity contribution in [3.8, 4) is 0 Å². The number of sulfonamides is 1. The summed E-state index contributed by atoms with van der Waals surface area (Å²) in [5, 5.41) is 3.70. The average Bonchev–Trinajstić information content (AvgIpc) is 2.88. The first-order valence-corrected chi connectivity index (χ1v) is 9.66. The Morgan fingerprint density at radius 3 is 2.70 bits per heavy atom. The summed E-state index contributed by atoms with van der Waals surface area (Å²) in [7, 11) is -0.225. The molecule has 2 rings (SSSR count). The molecule has 1 amide bonds. The Hall–Kier alpha value is -1.64. The van der Waals surface area contributed by atoms with Crippen LogP contribution in [0.25, 0.3) is 10.1 Å². The van der Waals surface area contributed by atoms with Crippen molar-refractivity contribution in [2.75, 3.05) is 31.3 Å². The molecule has 0 aliphatic rings. The van der Waals surface area contributed by atoms with Gasteiger partial charge in [0.15, 0.2) is 0 Å². The summed E-state index contributed by atoms with van der Waals surface area (Å²) in [6.07, 6.45) is 1.15. The molecule has 0 unspecified atom stereocenters. The number of anilines is 1. The highest BCUT2D eigenvalue weighted by atomic mass is 32.2. The highest BCUT2D eigenvalue weighted by molar-refractivity contribution is 7.92. The number of fused-ring (bicyclic) bond motifs is 1. The van der Waals surface area contributed by atoms with Gasteiger partial charge >= 0.3 is 0 Å². The van der Waals surface area contributed by atoms with Crippen LogP contribution in [0.3, 0.4) is 0 Å². The monoisotopic (exact) mass is 356 g/mol. The lowest BCUT2D eigenvalue weighted by atomic mass is 10.2. The molecule has 23 heavy (non-hydrogen) atoms. The largest absolute Gasteiger partial charge is 0.383 e. The van der Waals surface area contributed by atoms with E-state index in [9.17, 15) is 13.2 Å². The van der Waals surface area contributed by atoms with E-state index in [1.807, 2.05) is 13.0 Å². The standard InChI is InChI=1S/C15H20N2O4S2/c1-10(9-21-3)16-15(18)14-8-11-7-12(5-6-13(11)22-14)17(2)23(4,19)20/h5-8,10H,9H2,1-4H3,(H,16,18)/t10-/m1/s1. The van der Waals surface area contributed by atoms with Crippen LogP contribution in [-0.4, -0.2) is 47.4 Å². The number of rotatable bonds is 6. The number of methoxy groups -OCH3 is 1. The minimum atomic E-state index is -3.31. The van der Waals surface area contributed by atoms with Crippen LogP contribution < -0.4 is 9.62 Å². The van der Waals surface area contributed by atoms with Crippen molar-refractivity contribution in [1.29, 1.82) is 0 Å². The van der Waals surface area contributed by atoms with Crippen molar-refractivity contribution in [2.24, 2.45) is 0 Å². The second-order valence-corrected chi connectivity index (χ2v) is 8.49. The molecule has 0 spiro atoms. The SMILES string of the molecule is COC[C@@H](C)NC(=O)c1cc2cc(N(C)S(C)(=O)=O)ccc2s1. The molecule has 126 valence electrons. The van der Waals surface area contributed by atoms with Crippen LogP contribution >= 0.6 is 11.3 Å². The first kappa shape index (κ1) is 17.7. The van der Waals surface area contributed by atoms with Crippen LogP contribution in [0.15, 0.2) is 24.3 Å². The van der Waals surface area contributed by atoms with Gasteiger partial charge in [0.05, 0.1) is 23.4 Å². The van der Waals surface area contributed by atoms with Gasteiger partial charge in [-0.15, -0.1) is 11.3 Å². The van der Waals surface area contributed by atoms with Crippen molar-refractivity contribution in [2.45, 2.75) is 13.0 Å². The second kappa shape index (κ2) is 6.86. The Balaban J connectivity index is 2.27. The lowest BCUT2D eigenvalue weighted by molar-refractivity contribution is 0.0909. The molecule has 6 nitrogen and oxygen atoms in total. The van der Waals surface area contributed by atoms with E-state index >= 15 is 0 Å². The molecule has 1 aromatic heterocycles. The van der Waals surface area contributed by atoms with Gasteiger partial charge < -0.3 is 10.1 Å². The lowest BCUT2D eigenvalue weighted by Crippen LogP contribution is -2.35. The number of hydrogen-bond donors (Lipinski definition) is 1. The molecule has 0 bridgehead atoms. The van der Waals surface area contributed by atoms with E-state index in [0.29, 0.717) is 17.2 Å². The molecule has 1 N–H and O–H groups in total. The molecule has 1 heterocycles. The van der Waals surface area contributed by atoms with Crippen LogP contribution in [0, 0.1) is 0 Å². The Morgan fingerprint density at radius 1 is 1.39 bits per heavy atom. The predicted molar refractivity (Wildman–Crippen MR) is 93.9 cm³/mol. The normalized spacial score (nSPS) is 13.0. The van der Waals surface area contributed by atoms with Crippen LogP contribution in [-0.2, 0) is 14.8 Å². The van der Waals surface area contributed by atoms with E-state index in [4.69, 9.17) is 4.74 Å². The third-order valence-corrected chi connectivity index (χ3v) is 5.70. The number of carbonyl (C=O) groups is 1.